The highest BCUT2D eigenvalue weighted by molar-refractivity contribution is 7.16. The maximum atomic E-state index is 13.2. The molecule has 13 heteroatoms. The van der Waals surface area contributed by atoms with Crippen molar-refractivity contribution in [3.05, 3.63) is 63.7 Å². The van der Waals surface area contributed by atoms with Gasteiger partial charge < -0.3 is 14.2 Å². The van der Waals surface area contributed by atoms with Crippen molar-refractivity contribution in [1.29, 1.82) is 0 Å². The third-order valence-electron chi connectivity index (χ3n) is 5.14. The average Bonchev–Trinajstić information content (AvgIpc) is 3.55. The molecule has 0 unspecified atom stereocenters. The normalized spacial score (nSPS) is 12.5. The van der Waals surface area contributed by atoms with E-state index in [0.717, 1.165) is 17.0 Å². The van der Waals surface area contributed by atoms with Crippen LogP contribution in [-0.2, 0) is 13.1 Å². The van der Waals surface area contributed by atoms with Gasteiger partial charge in [-0.15, -0.1) is 0 Å². The number of nitrogens with one attached hydrogen (secondary N) is 1. The summed E-state index contributed by atoms with van der Waals surface area (Å²) in [5.74, 6) is -0.257. The second-order valence-corrected chi connectivity index (χ2v) is 8.81. The van der Waals surface area contributed by atoms with Gasteiger partial charge in [-0.25, -0.2) is 9.97 Å². The first-order chi connectivity index (χ1) is 16.4. The number of aryl methyl sites for hydroxylation is 1. The molecule has 5 heterocycles. The second kappa shape index (κ2) is 8.80. The molecule has 4 aromatic rings. The Labute approximate surface area is 201 Å². The van der Waals surface area contributed by atoms with E-state index < -0.39 is 0 Å². The van der Waals surface area contributed by atoms with Crippen molar-refractivity contribution in [3.8, 4) is 16.9 Å². The summed E-state index contributed by atoms with van der Waals surface area (Å²) in [5.41, 5.74) is 2.99. The van der Waals surface area contributed by atoms with Gasteiger partial charge in [0.1, 0.15) is 10.9 Å². The highest BCUT2D eigenvalue weighted by Crippen LogP contribution is 2.35. The van der Waals surface area contributed by atoms with Gasteiger partial charge in [0, 0.05) is 23.0 Å². The number of carbonyl (C=O) groups excluding carboxylic acids is 2. The topological polar surface area (TPSA) is 136 Å². The van der Waals surface area contributed by atoms with Gasteiger partial charge in [-0.3, -0.25) is 19.9 Å². The highest BCUT2D eigenvalue weighted by Gasteiger charge is 2.30. The summed E-state index contributed by atoms with van der Waals surface area (Å²) in [6, 6.07) is 3.42. The molecule has 0 fully saturated rings. The largest absolute Gasteiger partial charge is 0.494 e. The maximum Gasteiger partial charge on any atom is 0.295 e. The minimum atomic E-state index is -0.385. The Kier molecular flexibility index (Phi) is 5.67. The SMILES string of the molecule is COc1cnc(Cl)cc1-c1cc(C)ncc1C(=O)Nc1nc2c(s1)CN(C(=O)c1ncon1)C2. The molecule has 0 spiro atoms. The van der Waals surface area contributed by atoms with Crippen LogP contribution < -0.4 is 10.1 Å². The van der Waals surface area contributed by atoms with Crippen LogP contribution in [0.15, 0.2) is 35.4 Å². The number of halogens is 1. The van der Waals surface area contributed by atoms with Crippen LogP contribution in [0.3, 0.4) is 0 Å². The van der Waals surface area contributed by atoms with Crippen LogP contribution >= 0.6 is 22.9 Å². The van der Waals surface area contributed by atoms with Gasteiger partial charge in [0.2, 0.25) is 6.39 Å². The molecule has 172 valence electrons. The Bertz CT molecular complexity index is 1380. The predicted molar refractivity (Wildman–Crippen MR) is 122 cm³/mol. The molecule has 5 rings (SSSR count). The minimum Gasteiger partial charge on any atom is -0.494 e. The van der Waals surface area contributed by atoms with Crippen molar-refractivity contribution in [3.63, 3.8) is 0 Å². The molecule has 34 heavy (non-hydrogen) atoms. The van der Waals surface area contributed by atoms with E-state index >= 15 is 0 Å². The summed E-state index contributed by atoms with van der Waals surface area (Å²) in [4.78, 5) is 44.6. The third kappa shape index (κ3) is 4.08. The van der Waals surface area contributed by atoms with Crippen LogP contribution in [-0.4, -0.2) is 48.9 Å². The number of fused-ring (bicyclic) bond motifs is 1. The van der Waals surface area contributed by atoms with Crippen molar-refractivity contribution in [2.75, 3.05) is 12.4 Å². The smallest absolute Gasteiger partial charge is 0.295 e. The molecule has 0 aromatic carbocycles. The van der Waals surface area contributed by atoms with Crippen molar-refractivity contribution in [1.82, 2.24) is 30.0 Å². The summed E-state index contributed by atoms with van der Waals surface area (Å²) < 4.78 is 10.1. The van der Waals surface area contributed by atoms with E-state index in [1.807, 2.05) is 6.92 Å². The van der Waals surface area contributed by atoms with Crippen LogP contribution in [0.2, 0.25) is 5.15 Å². The first kappa shape index (κ1) is 21.9. The molecule has 2 amide bonds. The van der Waals surface area contributed by atoms with Crippen LogP contribution in [0.5, 0.6) is 5.75 Å². The Morgan fingerprint density at radius 1 is 1.18 bits per heavy atom. The molecule has 1 aliphatic heterocycles. The number of aromatic nitrogens is 5. The van der Waals surface area contributed by atoms with Crippen LogP contribution in [0, 0.1) is 6.92 Å². The van der Waals surface area contributed by atoms with E-state index in [4.69, 9.17) is 16.3 Å². The van der Waals surface area contributed by atoms with Crippen LogP contribution in [0.25, 0.3) is 11.1 Å². The van der Waals surface area contributed by atoms with E-state index in [2.05, 4.69) is 34.9 Å². The number of pyridine rings is 2. The number of anilines is 1. The lowest BCUT2D eigenvalue weighted by Gasteiger charge is -2.14. The molecule has 1 N–H and O–H groups in total. The Hall–Kier alpha value is -3.90. The monoisotopic (exact) mass is 497 g/mol. The molecular weight excluding hydrogens is 482 g/mol. The zero-order valence-corrected chi connectivity index (χ0v) is 19.5. The van der Waals surface area contributed by atoms with E-state index in [1.54, 1.807) is 17.0 Å². The molecule has 0 radical (unpaired) electrons. The predicted octanol–water partition coefficient (Wildman–Crippen LogP) is 3.36. The van der Waals surface area contributed by atoms with E-state index in [1.165, 1.54) is 30.8 Å². The fourth-order valence-electron chi connectivity index (χ4n) is 3.56. The lowest BCUT2D eigenvalue weighted by atomic mass is 10.0. The van der Waals surface area contributed by atoms with Crippen molar-refractivity contribution < 1.29 is 18.8 Å². The quantitative estimate of drug-likeness (QED) is 0.411. The molecule has 0 saturated carbocycles. The van der Waals surface area contributed by atoms with Gasteiger partial charge in [-0.05, 0) is 19.1 Å². The molecule has 0 bridgehead atoms. The van der Waals surface area contributed by atoms with E-state index in [9.17, 15) is 9.59 Å². The maximum absolute atomic E-state index is 13.2. The zero-order valence-electron chi connectivity index (χ0n) is 17.9. The molecule has 4 aromatic heterocycles. The lowest BCUT2D eigenvalue weighted by Crippen LogP contribution is -2.26. The summed E-state index contributed by atoms with van der Waals surface area (Å²) in [6.07, 6.45) is 4.11. The Balaban J connectivity index is 1.38. The first-order valence-electron chi connectivity index (χ1n) is 9.95. The zero-order chi connectivity index (χ0) is 23.8. The summed E-state index contributed by atoms with van der Waals surface area (Å²) in [6.45, 7) is 2.47. The van der Waals surface area contributed by atoms with E-state index in [0.29, 0.717) is 46.4 Å². The molecule has 0 atom stereocenters. The number of carbonyl (C=O) groups is 2. The second-order valence-electron chi connectivity index (χ2n) is 7.34. The third-order valence-corrected chi connectivity index (χ3v) is 6.35. The summed E-state index contributed by atoms with van der Waals surface area (Å²) >= 11 is 7.40. The van der Waals surface area contributed by atoms with Crippen LogP contribution in [0.4, 0.5) is 5.13 Å². The Morgan fingerprint density at radius 2 is 2.03 bits per heavy atom. The molecular formula is C21H16ClN7O4S. The van der Waals surface area contributed by atoms with Gasteiger partial charge in [-0.1, -0.05) is 28.1 Å². The van der Waals surface area contributed by atoms with E-state index in [-0.39, 0.29) is 22.8 Å². The Morgan fingerprint density at radius 3 is 2.76 bits per heavy atom. The van der Waals surface area contributed by atoms with Gasteiger partial charge >= 0.3 is 0 Å². The fraction of sp³-hybridized carbons (Fsp3) is 0.190. The van der Waals surface area contributed by atoms with Crippen molar-refractivity contribution >= 4 is 39.9 Å². The summed E-state index contributed by atoms with van der Waals surface area (Å²) in [5, 5.41) is 7.11. The van der Waals surface area contributed by atoms with Gasteiger partial charge in [0.25, 0.3) is 17.6 Å². The average molecular weight is 498 g/mol. The molecule has 1 aliphatic rings. The number of rotatable bonds is 5. The standard InChI is InChI=1S/C21H16ClN7O4S/c1-10-3-11(12-4-17(22)24-6-15(12)32-2)13(5-23-10)19(30)27-21-26-14-7-29(8-16(14)34-21)20(31)18-25-9-33-28-18/h3-6,9H,7-8H2,1-2H3,(H,26,27,30). The fourth-order valence-corrected chi connectivity index (χ4v) is 4.70. The summed E-state index contributed by atoms with van der Waals surface area (Å²) in [7, 11) is 1.52. The van der Waals surface area contributed by atoms with Crippen LogP contribution in [0.1, 0.15) is 37.2 Å². The number of hydrogen-bond donors (Lipinski definition) is 1. The molecule has 0 saturated heterocycles. The lowest BCUT2D eigenvalue weighted by molar-refractivity contribution is 0.0735. The number of amides is 2. The number of methoxy groups -OCH3 is 1. The highest BCUT2D eigenvalue weighted by atomic mass is 35.5. The number of hydrogen-bond acceptors (Lipinski definition) is 10. The first-order valence-corrected chi connectivity index (χ1v) is 11.1. The van der Waals surface area contributed by atoms with Gasteiger partial charge in [0.15, 0.2) is 5.13 Å². The molecule has 0 aliphatic carbocycles. The van der Waals surface area contributed by atoms with Gasteiger partial charge in [0.05, 0.1) is 42.5 Å². The number of thiazole rings is 1. The number of ether oxygens (including phenoxy) is 1. The molecule has 11 nitrogen and oxygen atoms in total. The van der Waals surface area contributed by atoms with Crippen molar-refractivity contribution in [2.45, 2.75) is 20.0 Å². The number of nitrogens with zero attached hydrogens (tertiary/aromatic N) is 6. The van der Waals surface area contributed by atoms with Crippen molar-refractivity contribution in [2.24, 2.45) is 0 Å². The minimum absolute atomic E-state index is 0.00489. The van der Waals surface area contributed by atoms with Gasteiger partial charge in [-0.2, -0.15) is 4.98 Å².